The van der Waals surface area contributed by atoms with Crippen molar-refractivity contribution in [2.75, 3.05) is 6.26 Å². The molecule has 1 N–H and O–H groups in total. The Morgan fingerprint density at radius 2 is 1.70 bits per heavy atom. The zero-order valence-corrected chi connectivity index (χ0v) is 11.6. The Balaban J connectivity index is 2.17. The molecule has 0 saturated carbocycles. The van der Waals surface area contributed by atoms with Crippen LogP contribution in [0.25, 0.3) is 22.4 Å². The fourth-order valence-electron chi connectivity index (χ4n) is 2.08. The maximum Gasteiger partial charge on any atom is 0.123 e. The van der Waals surface area contributed by atoms with Crippen molar-refractivity contribution in [1.82, 2.24) is 15.2 Å². The summed E-state index contributed by atoms with van der Waals surface area (Å²) in [4.78, 5) is 4.04. The van der Waals surface area contributed by atoms with Gasteiger partial charge >= 0.3 is 0 Å². The molecule has 2 heterocycles. The number of nitrogens with zero attached hydrogens (tertiary/aromatic N) is 2. The molecule has 3 rings (SSSR count). The van der Waals surface area contributed by atoms with E-state index in [9.17, 15) is 4.39 Å². The van der Waals surface area contributed by atoms with Gasteiger partial charge in [0.2, 0.25) is 0 Å². The summed E-state index contributed by atoms with van der Waals surface area (Å²) in [5.41, 5.74) is 3.76. The van der Waals surface area contributed by atoms with E-state index in [0.717, 1.165) is 27.4 Å². The third-order valence-corrected chi connectivity index (χ3v) is 3.73. The lowest BCUT2D eigenvalue weighted by Crippen LogP contribution is -1.85. The Morgan fingerprint density at radius 3 is 2.35 bits per heavy atom. The van der Waals surface area contributed by atoms with Crippen molar-refractivity contribution < 1.29 is 4.39 Å². The molecule has 3 aromatic rings. The summed E-state index contributed by atoms with van der Waals surface area (Å²) in [6.07, 6.45) is 5.49. The third-order valence-electron chi connectivity index (χ3n) is 3.02. The second-order valence-electron chi connectivity index (χ2n) is 4.22. The van der Waals surface area contributed by atoms with Crippen LogP contribution >= 0.6 is 11.8 Å². The first-order chi connectivity index (χ1) is 9.79. The van der Waals surface area contributed by atoms with Gasteiger partial charge in [0.1, 0.15) is 11.5 Å². The van der Waals surface area contributed by atoms with Crippen LogP contribution in [0.4, 0.5) is 4.39 Å². The fraction of sp³-hybridized carbons (Fsp3) is 0.0667. The van der Waals surface area contributed by atoms with Gasteiger partial charge in [0, 0.05) is 23.5 Å². The Kier molecular flexibility index (Phi) is 3.52. The Morgan fingerprint density at radius 1 is 1.00 bits per heavy atom. The van der Waals surface area contributed by atoms with Crippen LogP contribution < -0.4 is 0 Å². The van der Waals surface area contributed by atoms with E-state index >= 15 is 0 Å². The quantitative estimate of drug-likeness (QED) is 0.739. The van der Waals surface area contributed by atoms with Crippen molar-refractivity contribution in [3.05, 3.63) is 54.6 Å². The number of thioether (sulfide) groups is 1. The van der Waals surface area contributed by atoms with Gasteiger partial charge in [0.15, 0.2) is 0 Å². The van der Waals surface area contributed by atoms with Crippen LogP contribution in [-0.2, 0) is 0 Å². The number of hydrogen-bond acceptors (Lipinski definition) is 3. The minimum atomic E-state index is -0.250. The standard InChI is InChI=1S/C15H12FN3S/c1-20-15-13(10-6-8-17-9-7-10)14(18-19-15)11-2-4-12(16)5-3-11/h2-9H,1H3,(H,18,19). The lowest BCUT2D eigenvalue weighted by Gasteiger charge is -2.05. The zero-order chi connectivity index (χ0) is 13.9. The molecule has 0 aliphatic heterocycles. The van der Waals surface area contributed by atoms with Crippen LogP contribution in [-0.4, -0.2) is 21.4 Å². The maximum absolute atomic E-state index is 13.1. The number of rotatable bonds is 3. The van der Waals surface area contributed by atoms with Gasteiger partial charge in [0.05, 0.1) is 5.03 Å². The molecule has 0 bridgehead atoms. The summed E-state index contributed by atoms with van der Waals surface area (Å²) in [6, 6.07) is 10.2. The number of hydrogen-bond donors (Lipinski definition) is 1. The first-order valence-corrected chi connectivity index (χ1v) is 7.31. The molecule has 0 atom stereocenters. The number of benzene rings is 1. The van der Waals surface area contributed by atoms with Crippen LogP contribution in [0.2, 0.25) is 0 Å². The predicted octanol–water partition coefficient (Wildman–Crippen LogP) is 4.00. The highest BCUT2D eigenvalue weighted by atomic mass is 32.2. The molecule has 0 fully saturated rings. The van der Waals surface area contributed by atoms with Crippen LogP contribution in [0.3, 0.4) is 0 Å². The van der Waals surface area contributed by atoms with Crippen molar-refractivity contribution in [3.8, 4) is 22.4 Å². The number of nitrogens with one attached hydrogen (secondary N) is 1. The molecular formula is C15H12FN3S. The summed E-state index contributed by atoms with van der Waals surface area (Å²) < 4.78 is 13.1. The Hall–Kier alpha value is -2.14. The highest BCUT2D eigenvalue weighted by Gasteiger charge is 2.16. The maximum atomic E-state index is 13.1. The van der Waals surface area contributed by atoms with Gasteiger partial charge < -0.3 is 0 Å². The molecule has 0 amide bonds. The highest BCUT2D eigenvalue weighted by molar-refractivity contribution is 7.98. The van der Waals surface area contributed by atoms with Crippen LogP contribution in [0.5, 0.6) is 0 Å². The molecule has 0 aliphatic rings. The molecule has 0 unspecified atom stereocenters. The van der Waals surface area contributed by atoms with E-state index in [2.05, 4.69) is 15.2 Å². The minimum Gasteiger partial charge on any atom is -0.271 e. The highest BCUT2D eigenvalue weighted by Crippen LogP contribution is 2.36. The molecule has 100 valence electrons. The normalized spacial score (nSPS) is 10.7. The largest absolute Gasteiger partial charge is 0.271 e. The number of halogens is 1. The van der Waals surface area contributed by atoms with E-state index in [4.69, 9.17) is 0 Å². The van der Waals surface area contributed by atoms with E-state index in [0.29, 0.717) is 0 Å². The van der Waals surface area contributed by atoms with E-state index in [1.807, 2.05) is 18.4 Å². The third kappa shape index (κ3) is 2.32. The van der Waals surface area contributed by atoms with E-state index in [1.165, 1.54) is 12.1 Å². The van der Waals surface area contributed by atoms with Gasteiger partial charge in [-0.25, -0.2) is 4.39 Å². The first-order valence-electron chi connectivity index (χ1n) is 6.08. The van der Waals surface area contributed by atoms with Gasteiger partial charge in [0.25, 0.3) is 0 Å². The average Bonchev–Trinajstić information content (AvgIpc) is 2.93. The van der Waals surface area contributed by atoms with E-state index in [-0.39, 0.29) is 5.82 Å². The van der Waals surface area contributed by atoms with Gasteiger partial charge in [-0.05, 0) is 48.2 Å². The minimum absolute atomic E-state index is 0.250. The predicted molar refractivity (Wildman–Crippen MR) is 79.0 cm³/mol. The van der Waals surface area contributed by atoms with Crippen molar-refractivity contribution in [2.24, 2.45) is 0 Å². The SMILES string of the molecule is CSc1[nH]nc(-c2ccc(F)cc2)c1-c1ccncc1. The van der Waals surface area contributed by atoms with Crippen molar-refractivity contribution >= 4 is 11.8 Å². The Bertz CT molecular complexity index is 708. The number of pyridine rings is 1. The van der Waals surface area contributed by atoms with Crippen molar-refractivity contribution in [2.45, 2.75) is 5.03 Å². The molecule has 0 radical (unpaired) electrons. The monoisotopic (exact) mass is 285 g/mol. The summed E-state index contributed by atoms with van der Waals surface area (Å²) >= 11 is 1.60. The zero-order valence-electron chi connectivity index (χ0n) is 10.8. The molecule has 0 saturated heterocycles. The van der Waals surface area contributed by atoms with Gasteiger partial charge in [-0.2, -0.15) is 5.10 Å². The topological polar surface area (TPSA) is 41.6 Å². The summed E-state index contributed by atoms with van der Waals surface area (Å²) in [5.74, 6) is -0.250. The van der Waals surface area contributed by atoms with Gasteiger partial charge in [-0.1, -0.05) is 0 Å². The average molecular weight is 285 g/mol. The van der Waals surface area contributed by atoms with Gasteiger partial charge in [-0.15, -0.1) is 11.8 Å². The number of aromatic nitrogens is 3. The van der Waals surface area contributed by atoms with Crippen molar-refractivity contribution in [3.63, 3.8) is 0 Å². The molecule has 3 nitrogen and oxygen atoms in total. The second kappa shape index (κ2) is 5.46. The molecule has 2 aromatic heterocycles. The molecular weight excluding hydrogens is 273 g/mol. The summed E-state index contributed by atoms with van der Waals surface area (Å²) in [7, 11) is 0. The molecule has 1 aromatic carbocycles. The van der Waals surface area contributed by atoms with Crippen LogP contribution in [0.15, 0.2) is 53.8 Å². The lowest BCUT2D eigenvalue weighted by atomic mass is 10.0. The molecule has 0 spiro atoms. The van der Waals surface area contributed by atoms with Crippen LogP contribution in [0.1, 0.15) is 0 Å². The fourth-order valence-corrected chi connectivity index (χ4v) is 2.63. The Labute approximate surface area is 120 Å². The number of aromatic amines is 1. The number of H-pyrrole nitrogens is 1. The molecule has 5 heteroatoms. The second-order valence-corrected chi connectivity index (χ2v) is 5.04. The first kappa shape index (κ1) is 12.9. The van der Waals surface area contributed by atoms with Crippen LogP contribution in [0, 0.1) is 5.82 Å². The van der Waals surface area contributed by atoms with E-state index in [1.54, 1.807) is 36.3 Å². The molecule has 0 aliphatic carbocycles. The summed E-state index contributed by atoms with van der Waals surface area (Å²) in [6.45, 7) is 0. The van der Waals surface area contributed by atoms with E-state index < -0.39 is 0 Å². The smallest absolute Gasteiger partial charge is 0.123 e. The van der Waals surface area contributed by atoms with Gasteiger partial charge in [-0.3, -0.25) is 10.1 Å². The molecule has 20 heavy (non-hydrogen) atoms. The van der Waals surface area contributed by atoms with Crippen molar-refractivity contribution in [1.29, 1.82) is 0 Å². The lowest BCUT2D eigenvalue weighted by molar-refractivity contribution is 0.628. The summed E-state index contributed by atoms with van der Waals surface area (Å²) in [5, 5.41) is 8.39.